The molecule has 6 heteroatoms. The summed E-state index contributed by atoms with van der Waals surface area (Å²) in [6, 6.07) is 14.3. The molecule has 1 unspecified atom stereocenters. The Labute approximate surface area is 157 Å². The number of allylic oxidation sites excluding steroid dienone is 1. The van der Waals surface area contributed by atoms with Gasteiger partial charge in [-0.05, 0) is 50.6 Å². The molecule has 1 aliphatic rings. The predicted octanol–water partition coefficient (Wildman–Crippen LogP) is 3.98. The van der Waals surface area contributed by atoms with E-state index in [2.05, 4.69) is 10.3 Å². The number of fused-ring (bicyclic) bond motifs is 3. The third kappa shape index (κ3) is 2.93. The SMILES string of the molecule is CC1=C(C(=O)OC(C)C)C(c2cccc(O)c2)n2c(nc3ccccc32)N1. The Morgan fingerprint density at radius 3 is 2.74 bits per heavy atom. The molecule has 0 aliphatic carbocycles. The average Bonchev–Trinajstić information content (AvgIpc) is 2.97. The maximum absolute atomic E-state index is 12.9. The number of anilines is 1. The van der Waals surface area contributed by atoms with Crippen LogP contribution in [0.15, 0.2) is 59.8 Å². The first kappa shape index (κ1) is 17.1. The van der Waals surface area contributed by atoms with Gasteiger partial charge < -0.3 is 15.2 Å². The molecule has 2 aromatic carbocycles. The van der Waals surface area contributed by atoms with Crippen molar-refractivity contribution in [3.05, 3.63) is 65.4 Å². The number of phenols is 1. The maximum atomic E-state index is 12.9. The monoisotopic (exact) mass is 363 g/mol. The lowest BCUT2D eigenvalue weighted by Crippen LogP contribution is -2.29. The van der Waals surface area contributed by atoms with Gasteiger partial charge in [-0.3, -0.25) is 4.57 Å². The minimum atomic E-state index is -0.452. The lowest BCUT2D eigenvalue weighted by molar-refractivity contribution is -0.143. The molecular weight excluding hydrogens is 342 g/mol. The number of hydrogen-bond acceptors (Lipinski definition) is 5. The number of carbonyl (C=O) groups is 1. The first-order valence-electron chi connectivity index (χ1n) is 8.90. The Balaban J connectivity index is 1.97. The molecule has 6 nitrogen and oxygen atoms in total. The molecule has 0 spiro atoms. The van der Waals surface area contributed by atoms with E-state index in [0.717, 1.165) is 16.6 Å². The lowest BCUT2D eigenvalue weighted by Gasteiger charge is -2.30. The molecule has 4 rings (SSSR count). The number of ether oxygens (including phenoxy) is 1. The Hall–Kier alpha value is -3.28. The minimum Gasteiger partial charge on any atom is -0.508 e. The first-order valence-corrected chi connectivity index (χ1v) is 8.90. The fourth-order valence-electron chi connectivity index (χ4n) is 3.52. The van der Waals surface area contributed by atoms with E-state index in [-0.39, 0.29) is 17.8 Å². The zero-order chi connectivity index (χ0) is 19.1. The Bertz CT molecular complexity index is 1070. The molecule has 0 fully saturated rings. The number of phenolic OH excluding ortho intramolecular Hbond substituents is 1. The minimum absolute atomic E-state index is 0.145. The molecule has 27 heavy (non-hydrogen) atoms. The number of para-hydroxylation sites is 2. The van der Waals surface area contributed by atoms with Crippen LogP contribution in [0.2, 0.25) is 0 Å². The molecular formula is C21H21N3O3. The fraction of sp³-hybridized carbons (Fsp3) is 0.238. The number of benzene rings is 2. The average molecular weight is 363 g/mol. The van der Waals surface area contributed by atoms with Gasteiger partial charge in [-0.15, -0.1) is 0 Å². The van der Waals surface area contributed by atoms with Crippen LogP contribution in [0, 0.1) is 0 Å². The summed E-state index contributed by atoms with van der Waals surface area (Å²) in [6.45, 7) is 5.49. The van der Waals surface area contributed by atoms with Crippen molar-refractivity contribution in [2.75, 3.05) is 5.32 Å². The van der Waals surface area contributed by atoms with Gasteiger partial charge in [0, 0.05) is 5.70 Å². The normalized spacial score (nSPS) is 16.4. The summed E-state index contributed by atoms with van der Waals surface area (Å²) in [5.41, 5.74) is 3.71. The largest absolute Gasteiger partial charge is 0.508 e. The predicted molar refractivity (Wildman–Crippen MR) is 104 cm³/mol. The van der Waals surface area contributed by atoms with E-state index in [1.54, 1.807) is 18.2 Å². The number of esters is 1. The summed E-state index contributed by atoms with van der Waals surface area (Å²) < 4.78 is 7.49. The van der Waals surface area contributed by atoms with E-state index in [9.17, 15) is 9.90 Å². The molecule has 0 saturated carbocycles. The molecule has 0 radical (unpaired) electrons. The number of aromatic hydroxyl groups is 1. The number of carbonyl (C=O) groups excluding carboxylic acids is 1. The smallest absolute Gasteiger partial charge is 0.338 e. The van der Waals surface area contributed by atoms with Crippen LogP contribution in [0.3, 0.4) is 0 Å². The zero-order valence-corrected chi connectivity index (χ0v) is 15.4. The highest BCUT2D eigenvalue weighted by Gasteiger charge is 2.35. The van der Waals surface area contributed by atoms with Gasteiger partial charge in [0.15, 0.2) is 0 Å². The van der Waals surface area contributed by atoms with Crippen LogP contribution in [0.5, 0.6) is 5.75 Å². The third-order valence-corrected chi connectivity index (χ3v) is 4.58. The number of aromatic nitrogens is 2. The van der Waals surface area contributed by atoms with Gasteiger partial charge >= 0.3 is 5.97 Å². The van der Waals surface area contributed by atoms with Gasteiger partial charge in [0.25, 0.3) is 0 Å². The quantitative estimate of drug-likeness (QED) is 0.688. The van der Waals surface area contributed by atoms with Crippen LogP contribution in [-0.4, -0.2) is 26.7 Å². The van der Waals surface area contributed by atoms with E-state index >= 15 is 0 Å². The van der Waals surface area contributed by atoms with Crippen LogP contribution in [-0.2, 0) is 9.53 Å². The standard InChI is InChI=1S/C21H21N3O3/c1-12(2)27-20(26)18-13(3)22-21-23-16-9-4-5-10-17(16)24(21)19(18)14-7-6-8-15(25)11-14/h4-12,19,25H,1-3H3,(H,22,23). The summed E-state index contributed by atoms with van der Waals surface area (Å²) in [5, 5.41) is 13.3. The molecule has 1 aromatic heterocycles. The van der Waals surface area contributed by atoms with E-state index < -0.39 is 6.04 Å². The number of imidazole rings is 1. The highest BCUT2D eigenvalue weighted by molar-refractivity contribution is 5.94. The van der Waals surface area contributed by atoms with E-state index in [1.807, 2.05) is 55.7 Å². The highest BCUT2D eigenvalue weighted by Crippen LogP contribution is 2.40. The van der Waals surface area contributed by atoms with Crippen molar-refractivity contribution in [1.82, 2.24) is 9.55 Å². The second-order valence-electron chi connectivity index (χ2n) is 6.91. The van der Waals surface area contributed by atoms with Crippen molar-refractivity contribution >= 4 is 23.0 Å². The fourth-order valence-corrected chi connectivity index (χ4v) is 3.52. The Morgan fingerprint density at radius 1 is 1.22 bits per heavy atom. The topological polar surface area (TPSA) is 76.4 Å². The maximum Gasteiger partial charge on any atom is 0.338 e. The van der Waals surface area contributed by atoms with E-state index in [0.29, 0.717) is 17.2 Å². The van der Waals surface area contributed by atoms with E-state index in [4.69, 9.17) is 4.74 Å². The van der Waals surface area contributed by atoms with Gasteiger partial charge in [-0.1, -0.05) is 24.3 Å². The van der Waals surface area contributed by atoms with Crippen LogP contribution < -0.4 is 5.32 Å². The number of nitrogens with zero attached hydrogens (tertiary/aromatic N) is 2. The van der Waals surface area contributed by atoms with Crippen LogP contribution in [0.25, 0.3) is 11.0 Å². The molecule has 1 aliphatic heterocycles. The second kappa shape index (κ2) is 6.46. The number of nitrogens with one attached hydrogen (secondary N) is 1. The van der Waals surface area contributed by atoms with Crippen molar-refractivity contribution in [3.8, 4) is 5.75 Å². The lowest BCUT2D eigenvalue weighted by atomic mass is 9.95. The van der Waals surface area contributed by atoms with Crippen molar-refractivity contribution in [1.29, 1.82) is 0 Å². The summed E-state index contributed by atoms with van der Waals surface area (Å²) >= 11 is 0. The molecule has 3 aromatic rings. The van der Waals surface area contributed by atoms with Crippen molar-refractivity contribution in [3.63, 3.8) is 0 Å². The van der Waals surface area contributed by atoms with E-state index in [1.165, 1.54) is 0 Å². The summed E-state index contributed by atoms with van der Waals surface area (Å²) in [5.74, 6) is 0.418. The van der Waals surface area contributed by atoms with Gasteiger partial charge in [0.2, 0.25) is 5.95 Å². The summed E-state index contributed by atoms with van der Waals surface area (Å²) in [6.07, 6.45) is -0.233. The van der Waals surface area contributed by atoms with Crippen molar-refractivity contribution in [2.45, 2.75) is 32.9 Å². The van der Waals surface area contributed by atoms with Gasteiger partial charge in [-0.2, -0.15) is 0 Å². The molecule has 2 heterocycles. The molecule has 0 bridgehead atoms. The molecule has 138 valence electrons. The Morgan fingerprint density at radius 2 is 2.00 bits per heavy atom. The third-order valence-electron chi connectivity index (χ3n) is 4.58. The van der Waals surface area contributed by atoms with Gasteiger partial charge in [0.1, 0.15) is 5.75 Å². The van der Waals surface area contributed by atoms with Crippen molar-refractivity contribution < 1.29 is 14.6 Å². The molecule has 0 amide bonds. The van der Waals surface area contributed by atoms with Gasteiger partial charge in [-0.25, -0.2) is 9.78 Å². The second-order valence-corrected chi connectivity index (χ2v) is 6.91. The van der Waals surface area contributed by atoms with Crippen LogP contribution >= 0.6 is 0 Å². The van der Waals surface area contributed by atoms with Crippen LogP contribution in [0.1, 0.15) is 32.4 Å². The van der Waals surface area contributed by atoms with Crippen LogP contribution in [0.4, 0.5) is 5.95 Å². The number of hydrogen-bond donors (Lipinski definition) is 2. The Kier molecular flexibility index (Phi) is 4.11. The van der Waals surface area contributed by atoms with Gasteiger partial charge in [0.05, 0.1) is 28.8 Å². The summed E-state index contributed by atoms with van der Waals surface area (Å²) in [4.78, 5) is 17.6. The summed E-state index contributed by atoms with van der Waals surface area (Å²) in [7, 11) is 0. The molecule has 0 saturated heterocycles. The first-order chi connectivity index (χ1) is 13.0. The molecule has 2 N–H and O–H groups in total. The highest BCUT2D eigenvalue weighted by atomic mass is 16.5. The molecule has 1 atom stereocenters. The van der Waals surface area contributed by atoms with Crippen molar-refractivity contribution in [2.24, 2.45) is 0 Å². The zero-order valence-electron chi connectivity index (χ0n) is 15.4. The number of rotatable bonds is 3.